The quantitative estimate of drug-likeness (QED) is 0.550. The number of Topliss-reactive ketones (excluding diaryl/α,β-unsaturated/α-hetero) is 1. The zero-order valence-corrected chi connectivity index (χ0v) is 18.0. The molecule has 0 bridgehead atoms. The number of fused-ring (bicyclic) bond motifs is 1. The fourth-order valence-corrected chi connectivity index (χ4v) is 3.66. The van der Waals surface area contributed by atoms with Gasteiger partial charge in [-0.05, 0) is 65.5 Å². The van der Waals surface area contributed by atoms with E-state index in [9.17, 15) is 9.59 Å². The van der Waals surface area contributed by atoms with Gasteiger partial charge in [0.2, 0.25) is 0 Å². The normalized spacial score (nSPS) is 19.6. The summed E-state index contributed by atoms with van der Waals surface area (Å²) in [6, 6.07) is 3.72. The maximum absolute atomic E-state index is 12.1. The average Bonchev–Trinajstić information content (AvgIpc) is 2.62. The van der Waals surface area contributed by atoms with Crippen molar-refractivity contribution in [1.82, 2.24) is 15.3 Å². The number of pyridine rings is 2. The smallest absolute Gasteiger partial charge is 0.407 e. The van der Waals surface area contributed by atoms with Crippen LogP contribution in [0.2, 0.25) is 5.15 Å². The summed E-state index contributed by atoms with van der Waals surface area (Å²) in [5.41, 5.74) is 1.94. The molecule has 1 aliphatic carbocycles. The minimum Gasteiger partial charge on any atom is -0.444 e. The Hall–Kier alpha value is -2.41. The Morgan fingerprint density at radius 3 is 2.41 bits per heavy atom. The average molecular weight is 419 g/mol. The molecule has 2 N–H and O–H groups in total. The lowest BCUT2D eigenvalue weighted by atomic mass is 9.91. The summed E-state index contributed by atoms with van der Waals surface area (Å²) in [4.78, 5) is 32.8. The molecule has 156 valence electrons. The van der Waals surface area contributed by atoms with Crippen molar-refractivity contribution < 1.29 is 14.3 Å². The molecule has 0 radical (unpaired) electrons. The molecule has 7 nitrogen and oxygen atoms in total. The minimum absolute atomic E-state index is 0.0797. The van der Waals surface area contributed by atoms with Crippen LogP contribution >= 0.6 is 11.6 Å². The van der Waals surface area contributed by atoms with Crippen molar-refractivity contribution in [3.05, 3.63) is 29.0 Å². The van der Waals surface area contributed by atoms with Gasteiger partial charge in [0, 0.05) is 18.3 Å². The van der Waals surface area contributed by atoms with Crippen molar-refractivity contribution in [3.63, 3.8) is 0 Å². The molecule has 1 aliphatic rings. The molecule has 0 saturated heterocycles. The monoisotopic (exact) mass is 418 g/mol. The summed E-state index contributed by atoms with van der Waals surface area (Å²) in [7, 11) is 0. The van der Waals surface area contributed by atoms with Crippen molar-refractivity contribution in [2.45, 2.75) is 71.1 Å². The Morgan fingerprint density at radius 1 is 1.14 bits per heavy atom. The standard InChI is InChI=1S/C21H27ClN4O3/c1-12(27)15-11-23-16-9-10-17(22)26-19(16)18(15)24-13-5-7-14(8-6-13)25-20(28)29-21(2,3)4/h9-11,13-14H,5-8H2,1-4H3,(H,23,24)(H,25,28)/t13-,14-. The lowest BCUT2D eigenvalue weighted by molar-refractivity contribution is 0.0492. The fourth-order valence-electron chi connectivity index (χ4n) is 3.52. The van der Waals surface area contributed by atoms with Gasteiger partial charge >= 0.3 is 6.09 Å². The van der Waals surface area contributed by atoms with Crippen molar-refractivity contribution >= 4 is 40.2 Å². The number of nitrogens with one attached hydrogen (secondary N) is 2. The van der Waals surface area contributed by atoms with Crippen LogP contribution in [0.3, 0.4) is 0 Å². The zero-order valence-electron chi connectivity index (χ0n) is 17.2. The van der Waals surface area contributed by atoms with E-state index in [0.717, 1.165) is 25.7 Å². The highest BCUT2D eigenvalue weighted by molar-refractivity contribution is 6.30. The topological polar surface area (TPSA) is 93.2 Å². The first-order valence-corrected chi connectivity index (χ1v) is 10.2. The summed E-state index contributed by atoms with van der Waals surface area (Å²) in [6.07, 6.45) is 4.54. The molecule has 2 heterocycles. The zero-order chi connectivity index (χ0) is 21.2. The van der Waals surface area contributed by atoms with E-state index >= 15 is 0 Å². The van der Waals surface area contributed by atoms with E-state index in [1.807, 2.05) is 20.8 Å². The first-order valence-electron chi connectivity index (χ1n) is 9.84. The second kappa shape index (κ2) is 8.53. The number of carbonyl (C=O) groups excluding carboxylic acids is 2. The van der Waals surface area contributed by atoms with Gasteiger partial charge in [0.25, 0.3) is 0 Å². The molecular formula is C21H27ClN4O3. The van der Waals surface area contributed by atoms with Crippen LogP contribution < -0.4 is 10.6 Å². The van der Waals surface area contributed by atoms with E-state index in [1.54, 1.807) is 18.3 Å². The van der Waals surface area contributed by atoms with Crippen LogP contribution in [0.4, 0.5) is 10.5 Å². The van der Waals surface area contributed by atoms with Crippen LogP contribution in [0, 0.1) is 0 Å². The molecule has 29 heavy (non-hydrogen) atoms. The third-order valence-electron chi connectivity index (χ3n) is 4.85. The number of aromatic nitrogens is 2. The maximum atomic E-state index is 12.1. The fraction of sp³-hybridized carbons (Fsp3) is 0.524. The van der Waals surface area contributed by atoms with E-state index in [2.05, 4.69) is 20.6 Å². The molecule has 0 aromatic carbocycles. The van der Waals surface area contributed by atoms with Crippen LogP contribution in [0.25, 0.3) is 11.0 Å². The number of anilines is 1. The van der Waals surface area contributed by atoms with Crippen LogP contribution in [0.5, 0.6) is 0 Å². The summed E-state index contributed by atoms with van der Waals surface area (Å²) in [6.45, 7) is 7.05. The molecule has 2 aromatic heterocycles. The third-order valence-corrected chi connectivity index (χ3v) is 5.07. The van der Waals surface area contributed by atoms with Crippen molar-refractivity contribution in [2.75, 3.05) is 5.32 Å². The van der Waals surface area contributed by atoms with Gasteiger partial charge in [-0.3, -0.25) is 9.78 Å². The number of rotatable bonds is 4. The molecule has 8 heteroatoms. The number of nitrogens with zero attached hydrogens (tertiary/aromatic N) is 2. The molecular weight excluding hydrogens is 392 g/mol. The van der Waals surface area contributed by atoms with Crippen molar-refractivity contribution in [1.29, 1.82) is 0 Å². The number of halogens is 1. The lowest BCUT2D eigenvalue weighted by Gasteiger charge is -2.31. The lowest BCUT2D eigenvalue weighted by Crippen LogP contribution is -2.42. The summed E-state index contributed by atoms with van der Waals surface area (Å²) >= 11 is 6.07. The number of carbonyl (C=O) groups is 2. The molecule has 1 saturated carbocycles. The minimum atomic E-state index is -0.511. The number of amides is 1. The first kappa shape index (κ1) is 21.3. The number of ketones is 1. The number of alkyl carbamates (subject to hydrolysis) is 1. The highest BCUT2D eigenvalue weighted by Crippen LogP contribution is 2.30. The SMILES string of the molecule is CC(=O)c1cnc2ccc(Cl)nc2c1N[C@H]1CC[C@H](NC(=O)OC(C)(C)C)CC1. The number of hydrogen-bond acceptors (Lipinski definition) is 6. The van der Waals surface area contributed by atoms with Crippen LogP contribution in [0.1, 0.15) is 63.7 Å². The van der Waals surface area contributed by atoms with Crippen molar-refractivity contribution in [2.24, 2.45) is 0 Å². The predicted molar refractivity (Wildman–Crippen MR) is 114 cm³/mol. The van der Waals surface area contributed by atoms with Gasteiger partial charge in [-0.2, -0.15) is 0 Å². The molecule has 0 spiro atoms. The Bertz CT molecular complexity index is 918. The largest absolute Gasteiger partial charge is 0.444 e. The van der Waals surface area contributed by atoms with Gasteiger partial charge in [0.05, 0.1) is 16.8 Å². The van der Waals surface area contributed by atoms with Gasteiger partial charge in [-0.25, -0.2) is 9.78 Å². The number of hydrogen-bond donors (Lipinski definition) is 2. The number of ether oxygens (including phenoxy) is 1. The highest BCUT2D eigenvalue weighted by atomic mass is 35.5. The highest BCUT2D eigenvalue weighted by Gasteiger charge is 2.26. The second-order valence-corrected chi connectivity index (χ2v) is 8.83. The Morgan fingerprint density at radius 2 is 1.79 bits per heavy atom. The van der Waals surface area contributed by atoms with Gasteiger partial charge in [-0.1, -0.05) is 11.6 Å². The first-order chi connectivity index (χ1) is 13.6. The summed E-state index contributed by atoms with van der Waals surface area (Å²) < 4.78 is 5.33. The Balaban J connectivity index is 1.70. The van der Waals surface area contributed by atoms with Gasteiger partial charge in [0.15, 0.2) is 5.78 Å². The molecule has 1 amide bonds. The van der Waals surface area contributed by atoms with Gasteiger partial charge in [0.1, 0.15) is 16.3 Å². The van der Waals surface area contributed by atoms with Crippen LogP contribution in [0.15, 0.2) is 18.3 Å². The maximum Gasteiger partial charge on any atom is 0.407 e. The third kappa shape index (κ3) is 5.56. The van der Waals surface area contributed by atoms with E-state index in [1.165, 1.54) is 6.92 Å². The molecule has 3 rings (SSSR count). The molecule has 2 aromatic rings. The Kier molecular flexibility index (Phi) is 6.27. The van der Waals surface area contributed by atoms with Gasteiger partial charge in [-0.15, -0.1) is 0 Å². The van der Waals surface area contributed by atoms with E-state index in [4.69, 9.17) is 16.3 Å². The molecule has 0 atom stereocenters. The predicted octanol–water partition coefficient (Wildman–Crippen LogP) is 4.73. The summed E-state index contributed by atoms with van der Waals surface area (Å²) in [5, 5.41) is 6.79. The van der Waals surface area contributed by atoms with Gasteiger partial charge < -0.3 is 15.4 Å². The van der Waals surface area contributed by atoms with E-state index in [-0.39, 0.29) is 24.0 Å². The summed E-state index contributed by atoms with van der Waals surface area (Å²) in [5.74, 6) is -0.0797. The van der Waals surface area contributed by atoms with Crippen LogP contribution in [-0.4, -0.2) is 39.5 Å². The molecule has 0 aliphatic heterocycles. The molecule has 0 unspecified atom stereocenters. The van der Waals surface area contributed by atoms with E-state index < -0.39 is 5.60 Å². The second-order valence-electron chi connectivity index (χ2n) is 8.44. The van der Waals surface area contributed by atoms with Crippen molar-refractivity contribution in [3.8, 4) is 0 Å². The molecule has 1 fully saturated rings. The Labute approximate surface area is 175 Å². The van der Waals surface area contributed by atoms with E-state index in [0.29, 0.717) is 27.4 Å². The van der Waals surface area contributed by atoms with Crippen LogP contribution in [-0.2, 0) is 4.74 Å².